The van der Waals surface area contributed by atoms with Crippen LogP contribution in [0.3, 0.4) is 0 Å². The molecule has 1 aromatic rings. The Morgan fingerprint density at radius 3 is 2.95 bits per heavy atom. The van der Waals surface area contributed by atoms with Gasteiger partial charge >= 0.3 is 0 Å². The number of carbonyl (C=O) groups excluding carboxylic acids is 1. The minimum atomic E-state index is 0. The van der Waals surface area contributed by atoms with Crippen molar-refractivity contribution in [1.29, 1.82) is 0 Å². The molecule has 19 heavy (non-hydrogen) atoms. The second-order valence-corrected chi connectivity index (χ2v) is 5.64. The summed E-state index contributed by atoms with van der Waals surface area (Å²) in [5.74, 6) is 0.0162. The van der Waals surface area contributed by atoms with Gasteiger partial charge in [0.25, 0.3) is 5.91 Å². The number of amides is 1. The van der Waals surface area contributed by atoms with Crippen LogP contribution < -0.4 is 10.6 Å². The van der Waals surface area contributed by atoms with Gasteiger partial charge in [0.05, 0.1) is 5.56 Å². The molecule has 0 saturated heterocycles. The van der Waals surface area contributed by atoms with Gasteiger partial charge in [0.1, 0.15) is 0 Å². The highest BCUT2D eigenvalue weighted by atomic mass is 127. The third kappa shape index (κ3) is 4.78. The van der Waals surface area contributed by atoms with Crippen LogP contribution in [-0.4, -0.2) is 25.5 Å². The number of hydrogen-bond donors (Lipinski definition) is 2. The van der Waals surface area contributed by atoms with E-state index in [1.54, 1.807) is 0 Å². The van der Waals surface area contributed by atoms with Crippen LogP contribution in [0.25, 0.3) is 0 Å². The lowest BCUT2D eigenvalue weighted by atomic mass is 10.1. The summed E-state index contributed by atoms with van der Waals surface area (Å²) in [5, 5.41) is 6.26. The molecule has 0 bridgehead atoms. The van der Waals surface area contributed by atoms with Crippen LogP contribution in [0, 0.1) is 10.5 Å². The molecule has 2 rings (SSSR count). The normalized spacial score (nSPS) is 14.3. The number of rotatable bonds is 3. The van der Waals surface area contributed by atoms with Gasteiger partial charge in [0, 0.05) is 16.7 Å². The van der Waals surface area contributed by atoms with Crippen molar-refractivity contribution in [3.8, 4) is 0 Å². The van der Waals surface area contributed by atoms with Gasteiger partial charge in [-0.25, -0.2) is 0 Å². The van der Waals surface area contributed by atoms with E-state index in [2.05, 4.69) is 39.3 Å². The molecule has 0 spiro atoms. The Labute approximate surface area is 133 Å². The fraction of sp³-hybridized carbons (Fsp3) is 0.357. The highest BCUT2D eigenvalue weighted by Gasteiger charge is 2.11. The molecule has 3 nitrogen and oxygen atoms in total. The van der Waals surface area contributed by atoms with Gasteiger partial charge in [-0.2, -0.15) is 0 Å². The number of hydrogen-bond acceptors (Lipinski definition) is 2. The Bertz CT molecular complexity index is 488. The Kier molecular flexibility index (Phi) is 6.82. The van der Waals surface area contributed by atoms with Gasteiger partial charge in [0.15, 0.2) is 0 Å². The van der Waals surface area contributed by atoms with Crippen LogP contribution in [0.15, 0.2) is 29.8 Å². The lowest BCUT2D eigenvalue weighted by Crippen LogP contribution is -2.30. The zero-order chi connectivity index (χ0) is 13.0. The Hall–Kier alpha value is -0.590. The minimum Gasteiger partial charge on any atom is -0.348 e. The van der Waals surface area contributed by atoms with E-state index in [4.69, 9.17) is 0 Å². The molecule has 0 aliphatic carbocycles. The largest absolute Gasteiger partial charge is 0.348 e. The number of aryl methyl sites for hydroxylation is 1. The summed E-state index contributed by atoms with van der Waals surface area (Å²) in [7, 11) is 0. The second kappa shape index (κ2) is 7.87. The molecule has 1 aromatic carbocycles. The summed E-state index contributed by atoms with van der Waals surface area (Å²) in [6.07, 6.45) is 3.18. The van der Waals surface area contributed by atoms with E-state index in [1.807, 2.05) is 25.1 Å². The molecular weight excluding hydrogens is 375 g/mol. The first-order valence-corrected chi connectivity index (χ1v) is 7.17. The maximum absolute atomic E-state index is 12.1. The van der Waals surface area contributed by atoms with Crippen molar-refractivity contribution in [2.45, 2.75) is 13.3 Å². The van der Waals surface area contributed by atoms with E-state index in [-0.39, 0.29) is 18.3 Å². The first-order chi connectivity index (χ1) is 8.66. The summed E-state index contributed by atoms with van der Waals surface area (Å²) in [5.41, 5.74) is 3.19. The highest BCUT2D eigenvalue weighted by molar-refractivity contribution is 14.1. The summed E-state index contributed by atoms with van der Waals surface area (Å²) in [6, 6.07) is 5.94. The van der Waals surface area contributed by atoms with Crippen molar-refractivity contribution >= 4 is 40.9 Å². The van der Waals surface area contributed by atoms with E-state index in [9.17, 15) is 4.79 Å². The zero-order valence-electron chi connectivity index (χ0n) is 10.8. The molecular formula is C14H18ClIN2O. The molecule has 1 heterocycles. The summed E-state index contributed by atoms with van der Waals surface area (Å²) < 4.78 is 0.995. The lowest BCUT2D eigenvalue weighted by molar-refractivity contribution is 0.0955. The molecule has 0 fully saturated rings. The van der Waals surface area contributed by atoms with Gasteiger partial charge < -0.3 is 10.6 Å². The predicted molar refractivity (Wildman–Crippen MR) is 89.0 cm³/mol. The molecule has 104 valence electrons. The van der Waals surface area contributed by atoms with Crippen molar-refractivity contribution in [3.05, 3.63) is 44.5 Å². The average molecular weight is 393 g/mol. The number of benzene rings is 1. The van der Waals surface area contributed by atoms with Gasteiger partial charge in [-0.15, -0.1) is 12.4 Å². The fourth-order valence-electron chi connectivity index (χ4n) is 1.93. The minimum absolute atomic E-state index is 0. The number of nitrogens with one attached hydrogen (secondary N) is 2. The Balaban J connectivity index is 0.00000180. The molecule has 0 saturated carbocycles. The van der Waals surface area contributed by atoms with Gasteiger partial charge in [-0.05, 0) is 54.6 Å². The first kappa shape index (κ1) is 16.5. The van der Waals surface area contributed by atoms with Crippen LogP contribution in [-0.2, 0) is 0 Å². The van der Waals surface area contributed by atoms with E-state index in [1.165, 1.54) is 5.57 Å². The van der Waals surface area contributed by atoms with E-state index < -0.39 is 0 Å². The number of halogens is 2. The Morgan fingerprint density at radius 2 is 2.26 bits per heavy atom. The highest BCUT2D eigenvalue weighted by Crippen LogP contribution is 2.14. The lowest BCUT2D eigenvalue weighted by Gasteiger charge is -2.15. The molecule has 0 atom stereocenters. The standard InChI is InChI=1S/C14H17IN2O.ClH/c1-10-2-3-13(15)12(8-10)14(18)17-9-11-4-6-16-7-5-11;/h2-4,8,16H,5-7,9H2,1H3,(H,17,18);1H. The van der Waals surface area contributed by atoms with Crippen molar-refractivity contribution in [1.82, 2.24) is 10.6 Å². The van der Waals surface area contributed by atoms with Crippen LogP contribution in [0.4, 0.5) is 0 Å². The maximum atomic E-state index is 12.1. The van der Waals surface area contributed by atoms with Crippen LogP contribution in [0.1, 0.15) is 22.3 Å². The molecule has 5 heteroatoms. The molecule has 0 radical (unpaired) electrons. The summed E-state index contributed by atoms with van der Waals surface area (Å²) in [4.78, 5) is 12.1. The quantitative estimate of drug-likeness (QED) is 0.613. The van der Waals surface area contributed by atoms with Gasteiger partial charge in [-0.1, -0.05) is 23.3 Å². The molecule has 0 unspecified atom stereocenters. The SMILES string of the molecule is Cc1ccc(I)c(C(=O)NCC2=CCNCC2)c1.Cl. The van der Waals surface area contributed by atoms with Crippen molar-refractivity contribution in [2.75, 3.05) is 19.6 Å². The molecule has 1 aliphatic heterocycles. The van der Waals surface area contributed by atoms with Gasteiger partial charge in [-0.3, -0.25) is 4.79 Å². The number of carbonyl (C=O) groups is 1. The predicted octanol–water partition coefficient (Wildman–Crippen LogP) is 2.67. The molecule has 2 N–H and O–H groups in total. The van der Waals surface area contributed by atoms with Crippen molar-refractivity contribution < 1.29 is 4.79 Å². The van der Waals surface area contributed by atoms with Crippen LogP contribution in [0.5, 0.6) is 0 Å². The fourth-order valence-corrected chi connectivity index (χ4v) is 2.51. The zero-order valence-corrected chi connectivity index (χ0v) is 13.8. The second-order valence-electron chi connectivity index (χ2n) is 4.48. The molecule has 1 amide bonds. The van der Waals surface area contributed by atoms with Crippen molar-refractivity contribution in [2.24, 2.45) is 0 Å². The smallest absolute Gasteiger partial charge is 0.252 e. The van der Waals surface area contributed by atoms with Crippen LogP contribution in [0.2, 0.25) is 0 Å². The molecule has 0 aromatic heterocycles. The maximum Gasteiger partial charge on any atom is 0.252 e. The summed E-state index contributed by atoms with van der Waals surface area (Å²) in [6.45, 7) is 4.57. The van der Waals surface area contributed by atoms with Crippen molar-refractivity contribution in [3.63, 3.8) is 0 Å². The monoisotopic (exact) mass is 392 g/mol. The first-order valence-electron chi connectivity index (χ1n) is 6.10. The third-order valence-electron chi connectivity index (χ3n) is 3.00. The topological polar surface area (TPSA) is 41.1 Å². The van der Waals surface area contributed by atoms with E-state index >= 15 is 0 Å². The average Bonchev–Trinajstić information content (AvgIpc) is 2.40. The van der Waals surface area contributed by atoms with E-state index in [0.29, 0.717) is 6.54 Å². The summed E-state index contributed by atoms with van der Waals surface area (Å²) >= 11 is 2.20. The van der Waals surface area contributed by atoms with E-state index in [0.717, 1.165) is 34.2 Å². The van der Waals surface area contributed by atoms with Gasteiger partial charge in [0.2, 0.25) is 0 Å². The third-order valence-corrected chi connectivity index (χ3v) is 3.94. The Morgan fingerprint density at radius 1 is 1.47 bits per heavy atom. The van der Waals surface area contributed by atoms with Crippen LogP contribution >= 0.6 is 35.0 Å². The molecule has 1 aliphatic rings.